The van der Waals surface area contributed by atoms with Crippen molar-refractivity contribution in [1.29, 1.82) is 0 Å². The molecule has 0 radical (unpaired) electrons. The molecule has 0 unspecified atom stereocenters. The lowest BCUT2D eigenvalue weighted by Gasteiger charge is -2.57. The minimum atomic E-state index is -0.993. The van der Waals surface area contributed by atoms with Crippen LogP contribution < -0.4 is 0 Å². The number of hydrogen-bond donors (Lipinski definition) is 0. The third kappa shape index (κ3) is 2.65. The zero-order chi connectivity index (χ0) is 20.1. The molecule has 2 saturated carbocycles. The van der Waals surface area contributed by atoms with Crippen LogP contribution in [0.3, 0.4) is 0 Å². The van der Waals surface area contributed by atoms with E-state index in [0.29, 0.717) is 24.2 Å². The lowest BCUT2D eigenvalue weighted by Crippen LogP contribution is -2.56. The minimum absolute atomic E-state index is 0.265. The number of esters is 1. The Morgan fingerprint density at radius 2 is 2.18 bits per heavy atom. The zero-order valence-electron chi connectivity index (χ0n) is 16.6. The Morgan fingerprint density at radius 3 is 2.86 bits per heavy atom. The molecule has 0 amide bonds. The van der Waals surface area contributed by atoms with E-state index in [2.05, 4.69) is 30.9 Å². The Morgan fingerprint density at radius 1 is 1.39 bits per heavy atom. The molecule has 28 heavy (non-hydrogen) atoms. The molecule has 0 aromatic heterocycles. The second-order valence-corrected chi connectivity index (χ2v) is 9.03. The molecule has 4 aliphatic rings. The van der Waals surface area contributed by atoms with Crippen molar-refractivity contribution in [2.75, 3.05) is 0 Å². The number of carbonyl (C=O) groups is 2. The number of rotatable bonds is 2. The fourth-order valence-corrected chi connectivity index (χ4v) is 6.89. The maximum Gasteiger partial charge on any atom is 0.304 e. The fraction of sp³-hybridized carbons (Fsp3) is 0.583. The van der Waals surface area contributed by atoms with Gasteiger partial charge in [0.25, 0.3) is 0 Å². The first-order valence-electron chi connectivity index (χ1n) is 10.3. The van der Waals surface area contributed by atoms with E-state index >= 15 is 0 Å². The second kappa shape index (κ2) is 6.92. The lowest BCUT2D eigenvalue weighted by molar-refractivity contribution is -0.163. The van der Waals surface area contributed by atoms with E-state index in [9.17, 15) is 9.59 Å². The number of halogens is 1. The van der Waals surface area contributed by atoms with Gasteiger partial charge in [-0.05, 0) is 85.4 Å². The Kier molecular flexibility index (Phi) is 4.82. The summed E-state index contributed by atoms with van der Waals surface area (Å²) in [4.78, 5) is 23.9. The third-order valence-electron chi connectivity index (χ3n) is 7.75. The highest BCUT2D eigenvalue weighted by molar-refractivity contribution is 6.30. The molecule has 4 rings (SSSR count). The summed E-state index contributed by atoms with van der Waals surface area (Å²) < 4.78 is 5.87. The van der Waals surface area contributed by atoms with Gasteiger partial charge in [0.05, 0.1) is 0 Å². The number of ether oxygens (including phenoxy) is 1. The average Bonchev–Trinajstić information content (AvgIpc) is 2.95. The number of fused-ring (bicyclic) bond motifs is 5. The van der Waals surface area contributed by atoms with E-state index in [1.165, 1.54) is 18.1 Å². The molecule has 0 N–H and O–H groups in total. The summed E-state index contributed by atoms with van der Waals surface area (Å²) in [5, 5.41) is 2.50. The number of carbonyl (C=O) groups excluding carboxylic acids is 2. The smallest absolute Gasteiger partial charge is 0.304 e. The first-order chi connectivity index (χ1) is 13.4. The van der Waals surface area contributed by atoms with Gasteiger partial charge < -0.3 is 4.74 Å². The summed E-state index contributed by atoms with van der Waals surface area (Å²) in [6, 6.07) is 0. The summed E-state index contributed by atoms with van der Waals surface area (Å²) in [6.07, 6.45) is 11.2. The van der Waals surface area contributed by atoms with Crippen molar-refractivity contribution >= 4 is 23.4 Å². The standard InChI is InChI=1S/C24H27ClO3/c1-4-23-14-15(2)22-19-8-6-18(27)13-17(19)5-7-20(22)21(23)9-10-24(23,11-12-25)28-16(3)26/h9-10,13,19-22H,2,4-8,14H2,1,3H3/t19-,20-,21-,22+,23-,24+/m0/s1. The van der Waals surface area contributed by atoms with Crippen LogP contribution in [0, 0.1) is 40.4 Å². The van der Waals surface area contributed by atoms with Crippen molar-refractivity contribution in [2.24, 2.45) is 29.1 Å². The lowest BCUT2D eigenvalue weighted by atomic mass is 9.48. The molecule has 0 aromatic rings. The van der Waals surface area contributed by atoms with Crippen LogP contribution in [0.5, 0.6) is 0 Å². The summed E-state index contributed by atoms with van der Waals surface area (Å²) in [5.74, 6) is 4.48. The van der Waals surface area contributed by atoms with Gasteiger partial charge in [0, 0.05) is 24.1 Å². The van der Waals surface area contributed by atoms with Crippen molar-refractivity contribution in [3.8, 4) is 11.3 Å². The molecule has 148 valence electrons. The van der Waals surface area contributed by atoms with Crippen molar-refractivity contribution in [1.82, 2.24) is 0 Å². The monoisotopic (exact) mass is 398 g/mol. The van der Waals surface area contributed by atoms with Gasteiger partial charge in [0.1, 0.15) is 0 Å². The fourth-order valence-electron chi connectivity index (χ4n) is 6.75. The maximum absolute atomic E-state index is 12.0. The molecule has 6 atom stereocenters. The molecule has 4 aliphatic carbocycles. The predicted molar refractivity (Wildman–Crippen MR) is 109 cm³/mol. The Bertz CT molecular complexity index is 857. The molecular weight excluding hydrogens is 372 g/mol. The number of allylic oxidation sites excluding steroid dienone is 4. The van der Waals surface area contributed by atoms with Gasteiger partial charge in [-0.1, -0.05) is 30.7 Å². The van der Waals surface area contributed by atoms with Gasteiger partial charge in [-0.2, -0.15) is 0 Å². The van der Waals surface area contributed by atoms with Gasteiger partial charge in [0.15, 0.2) is 11.4 Å². The van der Waals surface area contributed by atoms with Crippen LogP contribution in [0.2, 0.25) is 0 Å². The van der Waals surface area contributed by atoms with E-state index < -0.39 is 5.60 Å². The zero-order valence-corrected chi connectivity index (χ0v) is 17.3. The van der Waals surface area contributed by atoms with Crippen molar-refractivity contribution in [3.05, 3.63) is 36.0 Å². The van der Waals surface area contributed by atoms with E-state index in [1.54, 1.807) is 0 Å². The molecule has 0 aliphatic heterocycles. The third-order valence-corrected chi connectivity index (χ3v) is 7.84. The minimum Gasteiger partial charge on any atom is -0.442 e. The van der Waals surface area contributed by atoms with Crippen molar-refractivity contribution in [3.63, 3.8) is 0 Å². The topological polar surface area (TPSA) is 43.4 Å². The van der Waals surface area contributed by atoms with E-state index in [0.717, 1.165) is 32.1 Å². The van der Waals surface area contributed by atoms with Crippen LogP contribution >= 0.6 is 11.6 Å². The first-order valence-corrected chi connectivity index (χ1v) is 10.7. The summed E-state index contributed by atoms with van der Waals surface area (Å²) >= 11 is 5.84. The average molecular weight is 399 g/mol. The molecule has 0 spiro atoms. The molecule has 0 saturated heterocycles. The second-order valence-electron chi connectivity index (χ2n) is 8.84. The van der Waals surface area contributed by atoms with Crippen LogP contribution in [0.25, 0.3) is 0 Å². The molecule has 4 heteroatoms. The highest BCUT2D eigenvalue weighted by Crippen LogP contribution is 2.65. The Hall–Kier alpha value is -1.79. The quantitative estimate of drug-likeness (QED) is 0.375. The molecule has 2 fully saturated rings. The molecule has 0 bridgehead atoms. The maximum atomic E-state index is 12.0. The molecule has 3 nitrogen and oxygen atoms in total. The van der Waals surface area contributed by atoms with Crippen LogP contribution in [0.1, 0.15) is 52.4 Å². The predicted octanol–water partition coefficient (Wildman–Crippen LogP) is 4.96. The molecule has 0 heterocycles. The largest absolute Gasteiger partial charge is 0.442 e. The Balaban J connectivity index is 1.77. The van der Waals surface area contributed by atoms with E-state index in [4.69, 9.17) is 16.3 Å². The highest BCUT2D eigenvalue weighted by Gasteiger charge is 2.64. The number of ketones is 1. The SMILES string of the molecule is C=C1C[C@@]2(CC)[C@@H](C=C[C@]2(C#CCl)OC(C)=O)[C@@H]2CCC3=CC(=O)CC[C@@H]3[C@@H]12. The van der Waals surface area contributed by atoms with Crippen LogP contribution in [0.15, 0.2) is 36.0 Å². The van der Waals surface area contributed by atoms with Gasteiger partial charge in [-0.15, -0.1) is 0 Å². The van der Waals surface area contributed by atoms with Crippen molar-refractivity contribution < 1.29 is 14.3 Å². The van der Waals surface area contributed by atoms with Gasteiger partial charge in [-0.3, -0.25) is 9.59 Å². The number of hydrogen-bond acceptors (Lipinski definition) is 3. The summed E-state index contributed by atoms with van der Waals surface area (Å²) in [6.45, 7) is 8.08. The normalized spacial score (nSPS) is 41.2. The van der Waals surface area contributed by atoms with Gasteiger partial charge in [0.2, 0.25) is 0 Å². The highest BCUT2D eigenvalue weighted by atomic mass is 35.5. The van der Waals surface area contributed by atoms with Crippen molar-refractivity contribution in [2.45, 2.75) is 58.0 Å². The molecular formula is C24H27ClO3. The first kappa shape index (κ1) is 19.5. The van der Waals surface area contributed by atoms with Gasteiger partial charge in [-0.25, -0.2) is 0 Å². The van der Waals surface area contributed by atoms with Crippen LogP contribution in [-0.4, -0.2) is 17.4 Å². The Labute approximate surface area is 172 Å². The van der Waals surface area contributed by atoms with E-state index in [-0.39, 0.29) is 23.1 Å². The summed E-state index contributed by atoms with van der Waals surface area (Å²) in [5.41, 5.74) is 1.21. The van der Waals surface area contributed by atoms with Crippen LogP contribution in [-0.2, 0) is 14.3 Å². The molecule has 0 aromatic carbocycles. The van der Waals surface area contributed by atoms with Crippen LogP contribution in [0.4, 0.5) is 0 Å². The van der Waals surface area contributed by atoms with E-state index in [1.807, 2.05) is 12.2 Å². The van der Waals surface area contributed by atoms with Gasteiger partial charge >= 0.3 is 5.97 Å². The summed E-state index contributed by atoms with van der Waals surface area (Å²) in [7, 11) is 0.